The molecule has 3 N–H and O–H groups in total. The standard InChI is InChI=1S/C19H27N5O5/c1-12(2)20-15(25)10-23(4)11-16(26)22-24-17(27)19(3,21-18(24)28)13-6-8-14(29-5)9-7-13/h6-9,12H,10-11H2,1-5H3,(H,20,25)(H,21,28)(H,22,26). The quantitative estimate of drug-likeness (QED) is 0.522. The van der Waals surface area contributed by atoms with Gasteiger partial charge in [0, 0.05) is 6.04 Å². The molecule has 10 nitrogen and oxygen atoms in total. The van der Waals surface area contributed by atoms with Crippen molar-refractivity contribution in [2.24, 2.45) is 0 Å². The van der Waals surface area contributed by atoms with E-state index in [-0.39, 0.29) is 25.0 Å². The zero-order valence-electron chi connectivity index (χ0n) is 17.2. The third-order valence-corrected chi connectivity index (χ3v) is 4.37. The first kappa shape index (κ1) is 22.2. The lowest BCUT2D eigenvalue weighted by Crippen LogP contribution is -2.51. The van der Waals surface area contributed by atoms with Crippen molar-refractivity contribution in [3.8, 4) is 5.75 Å². The molecule has 1 unspecified atom stereocenters. The Morgan fingerprint density at radius 1 is 1.17 bits per heavy atom. The van der Waals surface area contributed by atoms with Crippen LogP contribution in [0.3, 0.4) is 0 Å². The first-order chi connectivity index (χ1) is 13.6. The Labute approximate surface area is 169 Å². The topological polar surface area (TPSA) is 120 Å². The molecule has 0 aromatic heterocycles. The Hall–Kier alpha value is -3.14. The van der Waals surface area contributed by atoms with Crippen molar-refractivity contribution in [1.29, 1.82) is 0 Å². The summed E-state index contributed by atoms with van der Waals surface area (Å²) in [6, 6.07) is 5.96. The van der Waals surface area contributed by atoms with Crippen molar-refractivity contribution < 1.29 is 23.9 Å². The fourth-order valence-electron chi connectivity index (χ4n) is 2.93. The zero-order valence-corrected chi connectivity index (χ0v) is 17.2. The van der Waals surface area contributed by atoms with E-state index in [2.05, 4.69) is 16.1 Å². The lowest BCUT2D eigenvalue weighted by molar-refractivity contribution is -0.139. The van der Waals surface area contributed by atoms with Crippen LogP contribution in [-0.2, 0) is 19.9 Å². The number of urea groups is 1. The molecule has 1 atom stereocenters. The highest BCUT2D eigenvalue weighted by atomic mass is 16.5. The Kier molecular flexibility index (Phi) is 6.80. The number of carbonyl (C=O) groups excluding carboxylic acids is 4. The van der Waals surface area contributed by atoms with Crippen molar-refractivity contribution in [3.05, 3.63) is 29.8 Å². The van der Waals surface area contributed by atoms with Crippen LogP contribution in [0.15, 0.2) is 24.3 Å². The van der Waals surface area contributed by atoms with E-state index >= 15 is 0 Å². The summed E-state index contributed by atoms with van der Waals surface area (Å²) in [6.45, 7) is 5.07. The van der Waals surface area contributed by atoms with Gasteiger partial charge in [-0.15, -0.1) is 0 Å². The summed E-state index contributed by atoms with van der Waals surface area (Å²) in [5.41, 5.74) is 1.54. The number of ether oxygens (including phenoxy) is 1. The fraction of sp³-hybridized carbons (Fsp3) is 0.474. The number of hydrogen-bond donors (Lipinski definition) is 3. The number of imide groups is 1. The maximum absolute atomic E-state index is 12.8. The van der Waals surface area contributed by atoms with Crippen LogP contribution in [0.4, 0.5) is 4.79 Å². The monoisotopic (exact) mass is 405 g/mol. The smallest absolute Gasteiger partial charge is 0.344 e. The molecule has 0 radical (unpaired) electrons. The van der Waals surface area contributed by atoms with Gasteiger partial charge >= 0.3 is 6.03 Å². The molecule has 158 valence electrons. The largest absolute Gasteiger partial charge is 0.497 e. The normalized spacial score (nSPS) is 18.8. The number of hydrazine groups is 1. The van der Waals surface area contributed by atoms with Crippen LogP contribution >= 0.6 is 0 Å². The minimum Gasteiger partial charge on any atom is -0.497 e. The van der Waals surface area contributed by atoms with Crippen molar-refractivity contribution in [2.75, 3.05) is 27.2 Å². The Bertz CT molecular complexity index is 795. The molecule has 5 amide bonds. The molecule has 1 heterocycles. The zero-order chi connectivity index (χ0) is 21.8. The number of methoxy groups -OCH3 is 1. The van der Waals surface area contributed by atoms with Crippen molar-refractivity contribution in [3.63, 3.8) is 0 Å². The van der Waals surface area contributed by atoms with Crippen LogP contribution in [0, 0.1) is 0 Å². The van der Waals surface area contributed by atoms with Crippen molar-refractivity contribution in [1.82, 2.24) is 26.0 Å². The van der Waals surface area contributed by atoms with Gasteiger partial charge in [-0.3, -0.25) is 24.7 Å². The maximum Gasteiger partial charge on any atom is 0.344 e. The van der Waals surface area contributed by atoms with Gasteiger partial charge in [0.25, 0.3) is 11.8 Å². The lowest BCUT2D eigenvalue weighted by Gasteiger charge is -2.23. The molecule has 0 saturated carbocycles. The SMILES string of the molecule is COc1ccc(C2(C)NC(=O)N(NC(=O)CN(C)CC(=O)NC(C)C)C2=O)cc1. The van der Waals surface area contributed by atoms with Gasteiger partial charge in [-0.2, -0.15) is 5.01 Å². The van der Waals surface area contributed by atoms with Gasteiger partial charge in [0.05, 0.1) is 20.2 Å². The fourth-order valence-corrected chi connectivity index (χ4v) is 2.93. The van der Waals surface area contributed by atoms with E-state index in [0.29, 0.717) is 16.3 Å². The predicted octanol–water partition coefficient (Wildman–Crippen LogP) is -0.0502. The van der Waals surface area contributed by atoms with Gasteiger partial charge < -0.3 is 15.4 Å². The molecule has 29 heavy (non-hydrogen) atoms. The number of benzene rings is 1. The summed E-state index contributed by atoms with van der Waals surface area (Å²) in [7, 11) is 3.12. The second kappa shape index (κ2) is 8.91. The van der Waals surface area contributed by atoms with Crippen LogP contribution < -0.4 is 20.8 Å². The molecule has 1 aromatic carbocycles. The van der Waals surface area contributed by atoms with Gasteiger partial charge in [0.2, 0.25) is 5.91 Å². The van der Waals surface area contributed by atoms with Gasteiger partial charge in [-0.1, -0.05) is 12.1 Å². The number of likely N-dealkylation sites (N-methyl/N-ethyl adjacent to an activating group) is 1. The number of hydrogen-bond acceptors (Lipinski definition) is 6. The van der Waals surface area contributed by atoms with E-state index < -0.39 is 23.4 Å². The Morgan fingerprint density at radius 2 is 1.76 bits per heavy atom. The van der Waals surface area contributed by atoms with Crippen molar-refractivity contribution in [2.45, 2.75) is 32.4 Å². The molecule has 1 aliphatic heterocycles. The van der Waals surface area contributed by atoms with Gasteiger partial charge in [0.15, 0.2) is 0 Å². The highest BCUT2D eigenvalue weighted by Crippen LogP contribution is 2.29. The molecule has 1 saturated heterocycles. The third kappa shape index (κ3) is 5.23. The van der Waals surface area contributed by atoms with Crippen LogP contribution in [0.25, 0.3) is 0 Å². The van der Waals surface area contributed by atoms with Crippen LogP contribution in [-0.4, -0.2) is 67.0 Å². The average Bonchev–Trinajstić information content (AvgIpc) is 2.84. The maximum atomic E-state index is 12.8. The summed E-state index contributed by atoms with van der Waals surface area (Å²) in [4.78, 5) is 50.6. The Morgan fingerprint density at radius 3 is 2.31 bits per heavy atom. The summed E-state index contributed by atoms with van der Waals surface area (Å²) in [6.07, 6.45) is 0. The van der Waals surface area contributed by atoms with Gasteiger partial charge in [-0.25, -0.2) is 4.79 Å². The van der Waals surface area contributed by atoms with Gasteiger partial charge in [0.1, 0.15) is 11.3 Å². The number of carbonyl (C=O) groups is 4. The summed E-state index contributed by atoms with van der Waals surface area (Å²) in [5.74, 6) is -0.810. The molecule has 10 heteroatoms. The molecular weight excluding hydrogens is 378 g/mol. The van der Waals surface area contributed by atoms with Gasteiger partial charge in [-0.05, 0) is 45.5 Å². The summed E-state index contributed by atoms with van der Waals surface area (Å²) >= 11 is 0. The van der Waals surface area contributed by atoms with E-state index in [1.165, 1.54) is 12.0 Å². The molecule has 1 aliphatic rings. The molecule has 0 spiro atoms. The molecule has 0 aliphatic carbocycles. The predicted molar refractivity (Wildman–Crippen MR) is 105 cm³/mol. The summed E-state index contributed by atoms with van der Waals surface area (Å²) in [5, 5.41) is 5.98. The average molecular weight is 405 g/mol. The molecular formula is C19H27N5O5. The molecule has 2 rings (SSSR count). The molecule has 0 bridgehead atoms. The first-order valence-electron chi connectivity index (χ1n) is 9.15. The second-order valence-electron chi connectivity index (χ2n) is 7.35. The molecule has 1 fully saturated rings. The van der Waals surface area contributed by atoms with E-state index in [1.807, 2.05) is 13.8 Å². The lowest BCUT2D eigenvalue weighted by atomic mass is 9.92. The minimum absolute atomic E-state index is 0.00808. The van der Waals surface area contributed by atoms with E-state index in [1.54, 1.807) is 38.2 Å². The van der Waals surface area contributed by atoms with Crippen molar-refractivity contribution >= 4 is 23.8 Å². The van der Waals surface area contributed by atoms with Crippen LogP contribution in [0.5, 0.6) is 5.75 Å². The number of nitrogens with zero attached hydrogens (tertiary/aromatic N) is 2. The molecule has 1 aromatic rings. The highest BCUT2D eigenvalue weighted by Gasteiger charge is 2.50. The van der Waals surface area contributed by atoms with E-state index in [4.69, 9.17) is 4.74 Å². The van der Waals surface area contributed by atoms with E-state index in [9.17, 15) is 19.2 Å². The first-order valence-corrected chi connectivity index (χ1v) is 9.15. The van der Waals surface area contributed by atoms with Crippen LogP contribution in [0.2, 0.25) is 0 Å². The third-order valence-electron chi connectivity index (χ3n) is 4.37. The Balaban J connectivity index is 2.00. The number of amides is 5. The second-order valence-corrected chi connectivity index (χ2v) is 7.35. The van der Waals surface area contributed by atoms with E-state index in [0.717, 1.165) is 0 Å². The van der Waals surface area contributed by atoms with Crippen LogP contribution in [0.1, 0.15) is 26.3 Å². The minimum atomic E-state index is -1.32. The number of rotatable bonds is 8. The highest BCUT2D eigenvalue weighted by molar-refractivity contribution is 6.08. The summed E-state index contributed by atoms with van der Waals surface area (Å²) < 4.78 is 5.10. The number of nitrogens with one attached hydrogen (secondary N) is 3.